The fourth-order valence-electron chi connectivity index (χ4n) is 2.54. The van der Waals surface area contributed by atoms with E-state index >= 15 is 0 Å². The van der Waals surface area contributed by atoms with Gasteiger partial charge in [0.1, 0.15) is 5.75 Å². The molecular formula is C18H16ClF2N5O2S. The standard InChI is InChI=1S/C18H16ClF2N5O2S/c1-11-4-3-5-12(2)16(11)22-15(27)10-29-17-23-24-25-26(17)13-6-8-14(9-7-13)28-18(19,20)21/h3-9H,10H2,1-2H3,(H,22,27). The number of rotatable bonds is 7. The van der Waals surface area contributed by atoms with Crippen LogP contribution >= 0.6 is 23.4 Å². The van der Waals surface area contributed by atoms with Gasteiger partial charge in [0.2, 0.25) is 11.1 Å². The molecule has 0 bridgehead atoms. The van der Waals surface area contributed by atoms with Crippen LogP contribution in [0.1, 0.15) is 11.1 Å². The van der Waals surface area contributed by atoms with Crippen LogP contribution in [0.2, 0.25) is 0 Å². The molecule has 3 rings (SSSR count). The molecule has 7 nitrogen and oxygen atoms in total. The van der Waals surface area contributed by atoms with Crippen molar-refractivity contribution in [1.29, 1.82) is 0 Å². The van der Waals surface area contributed by atoms with Crippen LogP contribution in [0.15, 0.2) is 47.6 Å². The third-order valence-corrected chi connectivity index (χ3v) is 4.83. The number of aryl methyl sites for hydroxylation is 2. The zero-order valence-electron chi connectivity index (χ0n) is 15.4. The SMILES string of the molecule is Cc1cccc(C)c1NC(=O)CSc1nnnn1-c1ccc(OC(F)(F)Cl)cc1. The van der Waals surface area contributed by atoms with Gasteiger partial charge in [-0.2, -0.15) is 4.68 Å². The average Bonchev–Trinajstić information content (AvgIpc) is 3.11. The van der Waals surface area contributed by atoms with Crippen LogP contribution in [-0.2, 0) is 4.79 Å². The number of tetrazole rings is 1. The maximum atomic E-state index is 12.7. The van der Waals surface area contributed by atoms with Gasteiger partial charge in [0, 0.05) is 17.3 Å². The summed E-state index contributed by atoms with van der Waals surface area (Å²) in [4.78, 5) is 12.3. The van der Waals surface area contributed by atoms with E-state index in [2.05, 4.69) is 25.6 Å². The number of hydrogen-bond donors (Lipinski definition) is 1. The van der Waals surface area contributed by atoms with E-state index in [1.54, 1.807) is 0 Å². The van der Waals surface area contributed by atoms with Gasteiger partial charge in [-0.05, 0) is 59.7 Å². The molecule has 1 N–H and O–H groups in total. The number of amides is 1. The number of carbonyl (C=O) groups is 1. The number of ether oxygens (including phenoxy) is 1. The van der Waals surface area contributed by atoms with Gasteiger partial charge >= 0.3 is 5.57 Å². The molecule has 0 fully saturated rings. The number of thioether (sulfide) groups is 1. The van der Waals surface area contributed by atoms with Gasteiger partial charge in [0.05, 0.1) is 11.4 Å². The van der Waals surface area contributed by atoms with E-state index in [9.17, 15) is 13.6 Å². The van der Waals surface area contributed by atoms with Crippen LogP contribution in [0.25, 0.3) is 5.69 Å². The molecule has 0 radical (unpaired) electrons. The molecule has 1 amide bonds. The highest BCUT2D eigenvalue weighted by Crippen LogP contribution is 2.27. The second-order valence-electron chi connectivity index (χ2n) is 6.02. The summed E-state index contributed by atoms with van der Waals surface area (Å²) in [6.45, 7) is 3.84. The van der Waals surface area contributed by atoms with Gasteiger partial charge in [-0.15, -0.1) is 13.9 Å². The van der Waals surface area contributed by atoms with Crippen molar-refractivity contribution in [3.63, 3.8) is 0 Å². The van der Waals surface area contributed by atoms with E-state index in [0.29, 0.717) is 10.8 Å². The Bertz CT molecular complexity index is 988. The van der Waals surface area contributed by atoms with Crippen LogP contribution in [-0.4, -0.2) is 37.4 Å². The van der Waals surface area contributed by atoms with E-state index in [-0.39, 0.29) is 17.4 Å². The molecule has 0 aliphatic heterocycles. The maximum Gasteiger partial charge on any atom is 0.487 e. The number of para-hydroxylation sites is 1. The van der Waals surface area contributed by atoms with Crippen molar-refractivity contribution in [2.24, 2.45) is 0 Å². The number of alkyl halides is 3. The van der Waals surface area contributed by atoms with Crippen molar-refractivity contribution in [2.45, 2.75) is 24.6 Å². The van der Waals surface area contributed by atoms with Crippen molar-refractivity contribution in [1.82, 2.24) is 20.2 Å². The first-order valence-electron chi connectivity index (χ1n) is 8.36. The van der Waals surface area contributed by atoms with Crippen LogP contribution in [0.5, 0.6) is 5.75 Å². The van der Waals surface area contributed by atoms with Gasteiger partial charge < -0.3 is 10.1 Å². The summed E-state index contributed by atoms with van der Waals surface area (Å²) in [6.07, 6.45) is 0. The Morgan fingerprint density at radius 2 is 1.86 bits per heavy atom. The van der Waals surface area contributed by atoms with Crippen molar-refractivity contribution < 1.29 is 18.3 Å². The zero-order chi connectivity index (χ0) is 21.0. The first-order chi connectivity index (χ1) is 13.7. The predicted octanol–water partition coefficient (Wildman–Crippen LogP) is 4.18. The minimum atomic E-state index is -3.79. The zero-order valence-corrected chi connectivity index (χ0v) is 17.0. The molecule has 29 heavy (non-hydrogen) atoms. The normalized spacial score (nSPS) is 11.3. The van der Waals surface area contributed by atoms with Crippen LogP contribution in [0.3, 0.4) is 0 Å². The maximum absolute atomic E-state index is 12.7. The fraction of sp³-hybridized carbons (Fsp3) is 0.222. The molecule has 0 unspecified atom stereocenters. The van der Waals surface area contributed by atoms with E-state index in [4.69, 9.17) is 11.6 Å². The summed E-state index contributed by atoms with van der Waals surface area (Å²) in [5.74, 6) is -0.215. The lowest BCUT2D eigenvalue weighted by Crippen LogP contribution is -2.16. The molecule has 11 heteroatoms. The summed E-state index contributed by atoms with van der Waals surface area (Å²) < 4.78 is 31.0. The van der Waals surface area contributed by atoms with E-state index in [0.717, 1.165) is 28.6 Å². The summed E-state index contributed by atoms with van der Waals surface area (Å²) in [5, 5.41) is 14.6. The summed E-state index contributed by atoms with van der Waals surface area (Å²) in [6, 6.07) is 11.4. The van der Waals surface area contributed by atoms with E-state index < -0.39 is 5.57 Å². The number of halogens is 3. The lowest BCUT2D eigenvalue weighted by atomic mass is 10.1. The van der Waals surface area contributed by atoms with Crippen molar-refractivity contribution >= 4 is 35.0 Å². The Hall–Kier alpha value is -2.72. The molecule has 1 heterocycles. The summed E-state index contributed by atoms with van der Waals surface area (Å²) in [5.41, 5.74) is -0.557. The Balaban J connectivity index is 1.65. The Morgan fingerprint density at radius 3 is 2.48 bits per heavy atom. The predicted molar refractivity (Wildman–Crippen MR) is 106 cm³/mol. The topological polar surface area (TPSA) is 81.9 Å². The van der Waals surface area contributed by atoms with Crippen LogP contribution in [0, 0.1) is 13.8 Å². The Kier molecular flexibility index (Phi) is 6.33. The second kappa shape index (κ2) is 8.75. The largest absolute Gasteiger partial charge is 0.487 e. The molecule has 0 aliphatic rings. The molecule has 0 atom stereocenters. The van der Waals surface area contributed by atoms with Gasteiger partial charge in [-0.3, -0.25) is 4.79 Å². The van der Waals surface area contributed by atoms with Gasteiger partial charge in [0.15, 0.2) is 0 Å². The highest BCUT2D eigenvalue weighted by molar-refractivity contribution is 7.99. The Morgan fingerprint density at radius 1 is 1.21 bits per heavy atom. The number of nitrogens with one attached hydrogen (secondary N) is 1. The Labute approximate surface area is 174 Å². The molecule has 0 saturated carbocycles. The summed E-state index contributed by atoms with van der Waals surface area (Å²) >= 11 is 5.89. The number of nitrogens with zero attached hydrogens (tertiary/aromatic N) is 4. The average molecular weight is 440 g/mol. The lowest BCUT2D eigenvalue weighted by Gasteiger charge is -2.12. The molecule has 3 aromatic rings. The first kappa shape index (κ1) is 21.0. The third kappa shape index (κ3) is 5.64. The number of carbonyl (C=O) groups excluding carboxylic acids is 1. The number of aromatic nitrogens is 4. The fourth-order valence-corrected chi connectivity index (χ4v) is 3.32. The quantitative estimate of drug-likeness (QED) is 0.439. The molecule has 152 valence electrons. The van der Waals surface area contributed by atoms with Crippen molar-refractivity contribution in [3.8, 4) is 11.4 Å². The number of benzene rings is 2. The lowest BCUT2D eigenvalue weighted by molar-refractivity contribution is -0.113. The van der Waals surface area contributed by atoms with Crippen molar-refractivity contribution in [2.75, 3.05) is 11.1 Å². The minimum absolute atomic E-state index is 0.0911. The van der Waals surface area contributed by atoms with Gasteiger partial charge in [-0.25, -0.2) is 0 Å². The molecule has 0 saturated heterocycles. The molecular weight excluding hydrogens is 424 g/mol. The van der Waals surface area contributed by atoms with E-state index in [1.165, 1.54) is 28.9 Å². The highest BCUT2D eigenvalue weighted by atomic mass is 35.5. The van der Waals surface area contributed by atoms with Crippen molar-refractivity contribution in [3.05, 3.63) is 53.6 Å². The second-order valence-corrected chi connectivity index (χ2v) is 7.40. The molecule has 0 spiro atoms. The minimum Gasteiger partial charge on any atom is -0.420 e. The summed E-state index contributed by atoms with van der Waals surface area (Å²) in [7, 11) is 0. The molecule has 0 aliphatic carbocycles. The van der Waals surface area contributed by atoms with Crippen LogP contribution < -0.4 is 10.1 Å². The van der Waals surface area contributed by atoms with E-state index in [1.807, 2.05) is 32.0 Å². The molecule has 2 aromatic carbocycles. The smallest absolute Gasteiger partial charge is 0.420 e. The third-order valence-electron chi connectivity index (χ3n) is 3.83. The van der Waals surface area contributed by atoms with Gasteiger partial charge in [0.25, 0.3) is 0 Å². The number of anilines is 1. The monoisotopic (exact) mass is 439 g/mol. The first-order valence-corrected chi connectivity index (χ1v) is 9.73. The molecule has 1 aromatic heterocycles. The van der Waals surface area contributed by atoms with Gasteiger partial charge in [-0.1, -0.05) is 30.0 Å². The number of hydrogen-bond acceptors (Lipinski definition) is 6. The van der Waals surface area contributed by atoms with Crippen LogP contribution in [0.4, 0.5) is 14.5 Å². The highest BCUT2D eigenvalue weighted by Gasteiger charge is 2.27.